The van der Waals surface area contributed by atoms with Crippen molar-refractivity contribution in [2.24, 2.45) is 5.92 Å². The standard InChI is InChI=1S/C26H28ClN3O4/c27-21-8-2-1-5-17(21)16-30-25(33)20-7-3-9-22(23(20)26(30)34)29-12-4-6-18(15-29)24(32)28-13-10-19(31)11-14-28/h1-3,5,7-9,18-19,31H,4,6,10-16H2. The van der Waals surface area contributed by atoms with E-state index in [-0.39, 0.29) is 36.3 Å². The molecule has 1 N–H and O–H groups in total. The van der Waals surface area contributed by atoms with Crippen molar-refractivity contribution in [2.75, 3.05) is 31.1 Å². The van der Waals surface area contributed by atoms with Crippen LogP contribution in [0.2, 0.25) is 5.02 Å². The summed E-state index contributed by atoms with van der Waals surface area (Å²) in [5, 5.41) is 10.3. The molecule has 2 fully saturated rings. The number of nitrogens with zero attached hydrogens (tertiary/aromatic N) is 3. The van der Waals surface area contributed by atoms with E-state index in [2.05, 4.69) is 4.90 Å². The zero-order valence-corrected chi connectivity index (χ0v) is 19.7. The maximum atomic E-state index is 13.4. The zero-order chi connectivity index (χ0) is 23.8. The number of piperidine rings is 2. The molecule has 2 aromatic rings. The molecule has 0 aliphatic carbocycles. The van der Waals surface area contributed by atoms with Gasteiger partial charge in [0.15, 0.2) is 0 Å². The number of carbonyl (C=O) groups excluding carboxylic acids is 3. The Hall–Kier alpha value is -2.90. The van der Waals surface area contributed by atoms with Gasteiger partial charge in [-0.15, -0.1) is 0 Å². The molecular weight excluding hydrogens is 454 g/mol. The third kappa shape index (κ3) is 4.18. The van der Waals surface area contributed by atoms with Crippen LogP contribution in [0.25, 0.3) is 0 Å². The number of hydrogen-bond acceptors (Lipinski definition) is 5. The molecular formula is C26H28ClN3O4. The van der Waals surface area contributed by atoms with Crippen molar-refractivity contribution in [3.05, 3.63) is 64.2 Å². The van der Waals surface area contributed by atoms with Crippen LogP contribution in [0.15, 0.2) is 42.5 Å². The molecule has 2 aromatic carbocycles. The Balaban J connectivity index is 1.36. The maximum Gasteiger partial charge on any atom is 0.263 e. The van der Waals surface area contributed by atoms with Crippen LogP contribution in [-0.2, 0) is 11.3 Å². The Labute approximate surface area is 203 Å². The van der Waals surface area contributed by atoms with Crippen LogP contribution in [0.4, 0.5) is 5.69 Å². The normalized spacial score (nSPS) is 21.2. The monoisotopic (exact) mass is 481 g/mol. The van der Waals surface area contributed by atoms with Crippen LogP contribution in [-0.4, -0.2) is 64.9 Å². The lowest BCUT2D eigenvalue weighted by Crippen LogP contribution is -2.48. The average Bonchev–Trinajstić information content (AvgIpc) is 3.10. The molecule has 2 saturated heterocycles. The molecule has 1 atom stereocenters. The highest BCUT2D eigenvalue weighted by Gasteiger charge is 2.40. The second-order valence-corrected chi connectivity index (χ2v) is 9.74. The quantitative estimate of drug-likeness (QED) is 0.677. The van der Waals surface area contributed by atoms with E-state index in [1.165, 1.54) is 4.90 Å². The van der Waals surface area contributed by atoms with Gasteiger partial charge in [-0.05, 0) is 49.4 Å². The third-order valence-corrected chi connectivity index (χ3v) is 7.52. The van der Waals surface area contributed by atoms with E-state index < -0.39 is 0 Å². The predicted octanol–water partition coefficient (Wildman–Crippen LogP) is 3.34. The number of imide groups is 1. The van der Waals surface area contributed by atoms with Crippen LogP contribution < -0.4 is 4.90 Å². The topological polar surface area (TPSA) is 81.2 Å². The van der Waals surface area contributed by atoms with Crippen LogP contribution in [0, 0.1) is 5.92 Å². The van der Waals surface area contributed by atoms with Gasteiger partial charge in [-0.25, -0.2) is 0 Å². The number of halogens is 1. The van der Waals surface area contributed by atoms with Crippen LogP contribution in [0.1, 0.15) is 52.0 Å². The maximum absolute atomic E-state index is 13.4. The second kappa shape index (κ2) is 9.39. The van der Waals surface area contributed by atoms with Crippen molar-refractivity contribution in [1.29, 1.82) is 0 Å². The van der Waals surface area contributed by atoms with Gasteiger partial charge in [-0.3, -0.25) is 19.3 Å². The number of rotatable bonds is 4. The largest absolute Gasteiger partial charge is 0.393 e. The second-order valence-electron chi connectivity index (χ2n) is 9.33. The molecule has 0 saturated carbocycles. The highest BCUT2D eigenvalue weighted by Crippen LogP contribution is 2.35. The van der Waals surface area contributed by atoms with Crippen LogP contribution in [0.5, 0.6) is 0 Å². The number of fused-ring (bicyclic) bond motifs is 1. The van der Waals surface area contributed by atoms with E-state index in [0.717, 1.165) is 24.9 Å². The molecule has 3 aliphatic heterocycles. The summed E-state index contributed by atoms with van der Waals surface area (Å²) < 4.78 is 0. The number of amides is 3. The van der Waals surface area contributed by atoms with Gasteiger partial charge in [0.2, 0.25) is 5.91 Å². The molecule has 34 heavy (non-hydrogen) atoms. The number of benzene rings is 2. The average molecular weight is 482 g/mol. The Bertz CT molecular complexity index is 1130. The zero-order valence-electron chi connectivity index (χ0n) is 19.0. The van der Waals surface area contributed by atoms with Gasteiger partial charge in [-0.1, -0.05) is 35.9 Å². The fourth-order valence-corrected chi connectivity index (χ4v) is 5.46. The molecule has 3 heterocycles. The van der Waals surface area contributed by atoms with Crippen molar-refractivity contribution in [2.45, 2.75) is 38.3 Å². The Morgan fingerprint density at radius 3 is 2.50 bits per heavy atom. The smallest absolute Gasteiger partial charge is 0.263 e. The van der Waals surface area contributed by atoms with Gasteiger partial charge >= 0.3 is 0 Å². The number of carbonyl (C=O) groups is 3. The summed E-state index contributed by atoms with van der Waals surface area (Å²) in [6.07, 6.45) is 2.55. The van der Waals surface area contributed by atoms with E-state index in [1.54, 1.807) is 18.2 Å². The molecule has 0 bridgehead atoms. The highest BCUT2D eigenvalue weighted by molar-refractivity contribution is 6.31. The fourth-order valence-electron chi connectivity index (χ4n) is 5.26. The fraction of sp³-hybridized carbons (Fsp3) is 0.423. The summed E-state index contributed by atoms with van der Waals surface area (Å²) in [4.78, 5) is 44.9. The van der Waals surface area contributed by atoms with Gasteiger partial charge in [-0.2, -0.15) is 0 Å². The first-order valence-electron chi connectivity index (χ1n) is 11.9. The summed E-state index contributed by atoms with van der Waals surface area (Å²) >= 11 is 6.27. The summed E-state index contributed by atoms with van der Waals surface area (Å²) in [6, 6.07) is 12.6. The van der Waals surface area contributed by atoms with Gasteiger partial charge in [0, 0.05) is 31.2 Å². The van der Waals surface area contributed by atoms with Crippen molar-refractivity contribution < 1.29 is 19.5 Å². The predicted molar refractivity (Wildman–Crippen MR) is 129 cm³/mol. The lowest BCUT2D eigenvalue weighted by molar-refractivity contribution is -0.137. The van der Waals surface area contributed by atoms with E-state index in [4.69, 9.17) is 11.6 Å². The minimum Gasteiger partial charge on any atom is -0.393 e. The Kier molecular flexibility index (Phi) is 6.32. The summed E-state index contributed by atoms with van der Waals surface area (Å²) in [7, 11) is 0. The van der Waals surface area contributed by atoms with Crippen molar-refractivity contribution in [3.63, 3.8) is 0 Å². The lowest BCUT2D eigenvalue weighted by atomic mass is 9.94. The van der Waals surface area contributed by atoms with E-state index >= 15 is 0 Å². The van der Waals surface area contributed by atoms with Gasteiger partial charge in [0.1, 0.15) is 0 Å². The molecule has 0 radical (unpaired) electrons. The number of likely N-dealkylation sites (tertiary alicyclic amines) is 1. The van der Waals surface area contributed by atoms with E-state index in [1.807, 2.05) is 29.2 Å². The molecule has 0 spiro atoms. The lowest BCUT2D eigenvalue weighted by Gasteiger charge is -2.38. The summed E-state index contributed by atoms with van der Waals surface area (Å²) in [5.41, 5.74) is 2.24. The van der Waals surface area contributed by atoms with Crippen LogP contribution in [0.3, 0.4) is 0 Å². The Morgan fingerprint density at radius 1 is 0.971 bits per heavy atom. The number of anilines is 1. The molecule has 3 amide bonds. The van der Waals surface area contributed by atoms with Crippen molar-refractivity contribution in [1.82, 2.24) is 9.80 Å². The van der Waals surface area contributed by atoms with Crippen molar-refractivity contribution in [3.8, 4) is 0 Å². The van der Waals surface area contributed by atoms with Gasteiger partial charge in [0.25, 0.3) is 11.8 Å². The SMILES string of the molecule is O=C(C1CCCN(c2cccc3c2C(=O)N(Cc2ccccc2Cl)C3=O)C1)N1CCC(O)CC1. The van der Waals surface area contributed by atoms with Crippen LogP contribution >= 0.6 is 11.6 Å². The molecule has 1 unspecified atom stereocenters. The molecule has 5 rings (SSSR count). The molecule has 178 valence electrons. The molecule has 0 aromatic heterocycles. The van der Waals surface area contributed by atoms with Crippen molar-refractivity contribution >= 4 is 35.0 Å². The molecule has 3 aliphatic rings. The first kappa shape index (κ1) is 22.9. The number of hydrogen-bond donors (Lipinski definition) is 1. The van der Waals surface area contributed by atoms with E-state index in [0.29, 0.717) is 54.3 Å². The number of aliphatic hydroxyl groups excluding tert-OH is 1. The molecule has 7 nitrogen and oxygen atoms in total. The summed E-state index contributed by atoms with van der Waals surface area (Å²) in [6.45, 7) is 2.53. The summed E-state index contributed by atoms with van der Waals surface area (Å²) in [5.74, 6) is -0.689. The van der Waals surface area contributed by atoms with Gasteiger partial charge < -0.3 is 14.9 Å². The minimum absolute atomic E-state index is 0.118. The van der Waals surface area contributed by atoms with E-state index in [9.17, 15) is 19.5 Å². The minimum atomic E-state index is -0.325. The third-order valence-electron chi connectivity index (χ3n) is 7.15. The number of aliphatic hydroxyl groups is 1. The first-order chi connectivity index (χ1) is 16.4. The Morgan fingerprint density at radius 2 is 1.74 bits per heavy atom. The first-order valence-corrected chi connectivity index (χ1v) is 12.3. The highest BCUT2D eigenvalue weighted by atomic mass is 35.5. The molecule has 8 heteroatoms. The van der Waals surface area contributed by atoms with Gasteiger partial charge in [0.05, 0.1) is 35.4 Å².